The molecule has 0 N–H and O–H groups in total. The average molecular weight is 244 g/mol. The molecule has 2 rings (SSSR count). The molecule has 0 aliphatic heterocycles. The van der Waals surface area contributed by atoms with E-state index in [0.29, 0.717) is 5.78 Å². The van der Waals surface area contributed by atoms with Crippen molar-refractivity contribution < 1.29 is 4.79 Å². The highest BCUT2D eigenvalue weighted by Crippen LogP contribution is 2.38. The third kappa shape index (κ3) is 2.82. The minimum atomic E-state index is -0.107. The molecule has 0 aromatic heterocycles. The van der Waals surface area contributed by atoms with Crippen molar-refractivity contribution in [1.29, 1.82) is 0 Å². The molecule has 0 bridgehead atoms. The lowest BCUT2D eigenvalue weighted by molar-refractivity contribution is 0.0749. The standard InChI is InChI=1S/C17H24O/c1-3-7-14-8-10-15(11-9-14)16(18)17(2)12-5-4-6-13-17/h8-11H,3-7,12-13H2,1-2H3. The number of Topliss-reactive ketones (excluding diaryl/α,β-unsaturated/α-hetero) is 1. The van der Waals surface area contributed by atoms with E-state index in [1.807, 2.05) is 12.1 Å². The zero-order valence-electron chi connectivity index (χ0n) is 11.7. The van der Waals surface area contributed by atoms with Crippen LogP contribution in [0.15, 0.2) is 24.3 Å². The number of ketones is 1. The molecular weight excluding hydrogens is 220 g/mol. The lowest BCUT2D eigenvalue weighted by Crippen LogP contribution is -2.30. The van der Waals surface area contributed by atoms with Crippen molar-refractivity contribution in [3.63, 3.8) is 0 Å². The number of rotatable bonds is 4. The number of hydrogen-bond acceptors (Lipinski definition) is 1. The van der Waals surface area contributed by atoms with Crippen LogP contribution in [0.3, 0.4) is 0 Å². The summed E-state index contributed by atoms with van der Waals surface area (Å²) in [4.78, 5) is 12.6. The second-order valence-electron chi connectivity index (χ2n) is 5.90. The number of carbonyl (C=O) groups excluding carboxylic acids is 1. The Kier molecular flexibility index (Phi) is 4.21. The van der Waals surface area contributed by atoms with Gasteiger partial charge >= 0.3 is 0 Å². The summed E-state index contributed by atoms with van der Waals surface area (Å²) in [6.07, 6.45) is 8.08. The molecule has 98 valence electrons. The first-order valence-electron chi connectivity index (χ1n) is 7.29. The summed E-state index contributed by atoms with van der Waals surface area (Å²) in [5.74, 6) is 0.352. The number of benzene rings is 1. The molecular formula is C17H24O. The van der Waals surface area contributed by atoms with Crippen LogP contribution in [0.5, 0.6) is 0 Å². The van der Waals surface area contributed by atoms with Crippen LogP contribution in [0.25, 0.3) is 0 Å². The number of hydrogen-bond donors (Lipinski definition) is 0. The summed E-state index contributed by atoms with van der Waals surface area (Å²) in [5.41, 5.74) is 2.13. The van der Waals surface area contributed by atoms with Gasteiger partial charge in [-0.05, 0) is 24.8 Å². The Morgan fingerprint density at radius 3 is 2.28 bits per heavy atom. The fraction of sp³-hybridized carbons (Fsp3) is 0.588. The summed E-state index contributed by atoms with van der Waals surface area (Å²) in [5, 5.41) is 0. The minimum absolute atomic E-state index is 0.107. The molecule has 0 spiro atoms. The summed E-state index contributed by atoms with van der Waals surface area (Å²) >= 11 is 0. The maximum absolute atomic E-state index is 12.6. The maximum Gasteiger partial charge on any atom is 0.168 e. The smallest absolute Gasteiger partial charge is 0.168 e. The third-order valence-electron chi connectivity index (χ3n) is 4.26. The molecule has 0 atom stereocenters. The van der Waals surface area contributed by atoms with E-state index >= 15 is 0 Å². The molecule has 0 unspecified atom stereocenters. The van der Waals surface area contributed by atoms with Gasteiger partial charge in [0.05, 0.1) is 0 Å². The fourth-order valence-corrected chi connectivity index (χ4v) is 3.02. The van der Waals surface area contributed by atoms with Crippen LogP contribution in [-0.2, 0) is 6.42 Å². The summed E-state index contributed by atoms with van der Waals surface area (Å²) in [7, 11) is 0. The Bertz CT molecular complexity index is 396. The van der Waals surface area contributed by atoms with Crippen molar-refractivity contribution in [2.45, 2.75) is 58.8 Å². The molecule has 1 aromatic rings. The second-order valence-corrected chi connectivity index (χ2v) is 5.90. The molecule has 1 aliphatic rings. The third-order valence-corrected chi connectivity index (χ3v) is 4.26. The molecule has 0 saturated heterocycles. The summed E-state index contributed by atoms with van der Waals surface area (Å²) in [6, 6.07) is 8.27. The lowest BCUT2D eigenvalue weighted by atomic mass is 9.71. The van der Waals surface area contributed by atoms with Crippen LogP contribution < -0.4 is 0 Å². The quantitative estimate of drug-likeness (QED) is 0.696. The van der Waals surface area contributed by atoms with Gasteiger partial charge in [-0.25, -0.2) is 0 Å². The first-order chi connectivity index (χ1) is 8.65. The average Bonchev–Trinajstić information content (AvgIpc) is 2.40. The maximum atomic E-state index is 12.6. The van der Waals surface area contributed by atoms with Crippen molar-refractivity contribution in [2.75, 3.05) is 0 Å². The second kappa shape index (κ2) is 5.69. The van der Waals surface area contributed by atoms with Crippen LogP contribution in [0.4, 0.5) is 0 Å². The molecule has 1 heteroatoms. The predicted molar refractivity (Wildman–Crippen MR) is 76.0 cm³/mol. The SMILES string of the molecule is CCCc1ccc(C(=O)C2(C)CCCCC2)cc1. The Morgan fingerprint density at radius 1 is 1.11 bits per heavy atom. The molecule has 1 saturated carbocycles. The van der Waals surface area contributed by atoms with E-state index in [1.54, 1.807) is 0 Å². The van der Waals surface area contributed by atoms with Gasteiger partial charge in [0.15, 0.2) is 5.78 Å². The first kappa shape index (κ1) is 13.3. The molecule has 0 heterocycles. The van der Waals surface area contributed by atoms with Crippen LogP contribution in [-0.4, -0.2) is 5.78 Å². The highest BCUT2D eigenvalue weighted by atomic mass is 16.1. The molecule has 1 nitrogen and oxygen atoms in total. The van der Waals surface area contributed by atoms with Gasteiger partial charge in [0.1, 0.15) is 0 Å². The van der Waals surface area contributed by atoms with Gasteiger partial charge in [-0.2, -0.15) is 0 Å². The highest BCUT2D eigenvalue weighted by molar-refractivity contribution is 6.00. The summed E-state index contributed by atoms with van der Waals surface area (Å²) < 4.78 is 0. The Hall–Kier alpha value is -1.11. The number of aryl methyl sites for hydroxylation is 1. The number of carbonyl (C=O) groups is 1. The lowest BCUT2D eigenvalue weighted by Gasteiger charge is -2.32. The summed E-state index contributed by atoms with van der Waals surface area (Å²) in [6.45, 7) is 4.33. The topological polar surface area (TPSA) is 17.1 Å². The highest BCUT2D eigenvalue weighted by Gasteiger charge is 2.34. The van der Waals surface area contributed by atoms with E-state index < -0.39 is 0 Å². The Labute approximate surface area is 111 Å². The van der Waals surface area contributed by atoms with Crippen LogP contribution in [0.1, 0.15) is 68.3 Å². The Balaban J connectivity index is 2.12. The van der Waals surface area contributed by atoms with Crippen molar-refractivity contribution >= 4 is 5.78 Å². The molecule has 1 aliphatic carbocycles. The van der Waals surface area contributed by atoms with E-state index in [4.69, 9.17) is 0 Å². The zero-order chi connectivity index (χ0) is 13.0. The van der Waals surface area contributed by atoms with Crippen LogP contribution >= 0.6 is 0 Å². The van der Waals surface area contributed by atoms with Gasteiger partial charge in [-0.1, -0.05) is 63.8 Å². The van der Waals surface area contributed by atoms with Crippen LogP contribution in [0, 0.1) is 5.41 Å². The molecule has 0 radical (unpaired) electrons. The van der Waals surface area contributed by atoms with Crippen molar-refractivity contribution in [3.05, 3.63) is 35.4 Å². The zero-order valence-corrected chi connectivity index (χ0v) is 11.7. The molecule has 0 amide bonds. The van der Waals surface area contributed by atoms with Gasteiger partial charge in [-0.3, -0.25) is 4.79 Å². The van der Waals surface area contributed by atoms with Crippen molar-refractivity contribution in [3.8, 4) is 0 Å². The van der Waals surface area contributed by atoms with Gasteiger partial charge in [0, 0.05) is 11.0 Å². The first-order valence-corrected chi connectivity index (χ1v) is 7.29. The van der Waals surface area contributed by atoms with Crippen LogP contribution in [0.2, 0.25) is 0 Å². The minimum Gasteiger partial charge on any atom is -0.294 e. The Morgan fingerprint density at radius 2 is 1.72 bits per heavy atom. The van der Waals surface area contributed by atoms with E-state index in [9.17, 15) is 4.79 Å². The van der Waals surface area contributed by atoms with Gasteiger partial charge in [0.2, 0.25) is 0 Å². The normalized spacial score (nSPS) is 18.6. The van der Waals surface area contributed by atoms with Gasteiger partial charge in [0.25, 0.3) is 0 Å². The van der Waals surface area contributed by atoms with Gasteiger partial charge < -0.3 is 0 Å². The molecule has 18 heavy (non-hydrogen) atoms. The largest absolute Gasteiger partial charge is 0.294 e. The monoisotopic (exact) mass is 244 g/mol. The molecule has 1 fully saturated rings. The predicted octanol–water partition coefficient (Wildman–Crippen LogP) is 4.79. The van der Waals surface area contributed by atoms with E-state index in [-0.39, 0.29) is 5.41 Å². The van der Waals surface area contributed by atoms with Crippen molar-refractivity contribution in [2.24, 2.45) is 5.41 Å². The molecule has 1 aromatic carbocycles. The van der Waals surface area contributed by atoms with E-state index in [0.717, 1.165) is 31.2 Å². The van der Waals surface area contributed by atoms with E-state index in [2.05, 4.69) is 26.0 Å². The van der Waals surface area contributed by atoms with Crippen molar-refractivity contribution in [1.82, 2.24) is 0 Å². The van der Waals surface area contributed by atoms with Gasteiger partial charge in [-0.15, -0.1) is 0 Å². The van der Waals surface area contributed by atoms with E-state index in [1.165, 1.54) is 24.8 Å². The fourth-order valence-electron chi connectivity index (χ4n) is 3.02.